The molecule has 134 valence electrons. The number of fused-ring (bicyclic) bond motifs is 2. The van der Waals surface area contributed by atoms with E-state index in [1.54, 1.807) is 17.0 Å². The van der Waals surface area contributed by atoms with E-state index in [1.165, 1.54) is 6.07 Å². The second-order valence-corrected chi connectivity index (χ2v) is 6.58. The first-order chi connectivity index (χ1) is 12.7. The van der Waals surface area contributed by atoms with Crippen LogP contribution in [-0.4, -0.2) is 36.3 Å². The number of carbonyl (C=O) groups excluding carboxylic acids is 1. The van der Waals surface area contributed by atoms with Gasteiger partial charge in [0.15, 0.2) is 0 Å². The van der Waals surface area contributed by atoms with Crippen molar-refractivity contribution in [3.05, 3.63) is 77.6 Å². The molecule has 0 spiro atoms. The van der Waals surface area contributed by atoms with Gasteiger partial charge in [-0.3, -0.25) is 4.90 Å². The van der Waals surface area contributed by atoms with Crippen LogP contribution in [0.15, 0.2) is 60.7 Å². The highest BCUT2D eigenvalue weighted by molar-refractivity contribution is 5.74. The Hall–Kier alpha value is -2.66. The van der Waals surface area contributed by atoms with Gasteiger partial charge in [0.2, 0.25) is 0 Å². The first-order valence-corrected chi connectivity index (χ1v) is 8.75. The van der Waals surface area contributed by atoms with E-state index < -0.39 is 0 Å². The minimum Gasteiger partial charge on any atom is -0.445 e. The lowest BCUT2D eigenvalue weighted by Crippen LogP contribution is -2.56. The molecule has 0 aliphatic carbocycles. The van der Waals surface area contributed by atoms with Crippen LogP contribution in [0.4, 0.5) is 9.18 Å². The third kappa shape index (κ3) is 3.35. The standard InChI is InChI=1S/C21H20FNO3/c22-20-9-5-4-8-19(20)16-10-17-13-25-14-18(11-16)23(17)21(24)26-12-15-6-2-1-3-7-15/h1-10,17-18H,11-14H2. The van der Waals surface area contributed by atoms with E-state index in [9.17, 15) is 9.18 Å². The molecular formula is C21H20FNO3. The van der Waals surface area contributed by atoms with Crippen molar-refractivity contribution >= 4 is 11.7 Å². The van der Waals surface area contributed by atoms with Crippen molar-refractivity contribution in [2.45, 2.75) is 25.1 Å². The molecular weight excluding hydrogens is 333 g/mol. The Morgan fingerprint density at radius 2 is 1.88 bits per heavy atom. The minimum atomic E-state index is -0.351. The molecule has 4 rings (SSSR count). The fourth-order valence-corrected chi connectivity index (χ4v) is 3.60. The number of halogens is 1. The molecule has 2 aliphatic heterocycles. The smallest absolute Gasteiger partial charge is 0.411 e. The van der Waals surface area contributed by atoms with Gasteiger partial charge >= 0.3 is 6.09 Å². The van der Waals surface area contributed by atoms with Gasteiger partial charge in [-0.05, 0) is 23.6 Å². The average Bonchev–Trinajstić information content (AvgIpc) is 2.66. The third-order valence-electron chi connectivity index (χ3n) is 4.83. The maximum atomic E-state index is 14.1. The highest BCUT2D eigenvalue weighted by Gasteiger charge is 2.39. The summed E-state index contributed by atoms with van der Waals surface area (Å²) in [4.78, 5) is 14.4. The topological polar surface area (TPSA) is 38.8 Å². The molecule has 2 atom stereocenters. The van der Waals surface area contributed by atoms with Crippen molar-refractivity contribution in [1.29, 1.82) is 0 Å². The lowest BCUT2D eigenvalue weighted by atomic mass is 9.90. The number of nitrogens with zero attached hydrogens (tertiary/aromatic N) is 1. The Kier molecular flexibility index (Phi) is 4.71. The quantitative estimate of drug-likeness (QED) is 0.837. The van der Waals surface area contributed by atoms with Crippen LogP contribution in [0.1, 0.15) is 17.5 Å². The van der Waals surface area contributed by atoms with Gasteiger partial charge in [-0.2, -0.15) is 0 Å². The number of rotatable bonds is 3. The normalized spacial score (nSPS) is 21.9. The lowest BCUT2D eigenvalue weighted by molar-refractivity contribution is -0.0342. The number of amides is 1. The predicted molar refractivity (Wildman–Crippen MR) is 95.9 cm³/mol. The lowest BCUT2D eigenvalue weighted by Gasteiger charge is -2.43. The third-order valence-corrected chi connectivity index (χ3v) is 4.83. The molecule has 0 N–H and O–H groups in total. The Morgan fingerprint density at radius 3 is 2.65 bits per heavy atom. The van der Waals surface area contributed by atoms with Gasteiger partial charge in [-0.1, -0.05) is 54.6 Å². The van der Waals surface area contributed by atoms with E-state index in [2.05, 4.69) is 0 Å². The van der Waals surface area contributed by atoms with Crippen LogP contribution in [0.5, 0.6) is 0 Å². The van der Waals surface area contributed by atoms with Crippen molar-refractivity contribution in [2.24, 2.45) is 0 Å². The van der Waals surface area contributed by atoms with Gasteiger partial charge < -0.3 is 9.47 Å². The number of carbonyl (C=O) groups is 1. The van der Waals surface area contributed by atoms with Crippen LogP contribution in [-0.2, 0) is 16.1 Å². The SMILES string of the molecule is O=C(OCc1ccccc1)N1C2C=C(c3ccccc3F)CC1COC2. The van der Waals surface area contributed by atoms with Crippen LogP contribution in [0, 0.1) is 5.82 Å². The number of hydrogen-bond acceptors (Lipinski definition) is 3. The summed E-state index contributed by atoms with van der Waals surface area (Å²) in [5.41, 5.74) is 2.47. The molecule has 1 amide bonds. The van der Waals surface area contributed by atoms with Gasteiger partial charge in [0.1, 0.15) is 12.4 Å². The molecule has 0 aromatic heterocycles. The van der Waals surface area contributed by atoms with Crippen LogP contribution in [0.25, 0.3) is 5.57 Å². The van der Waals surface area contributed by atoms with E-state index in [1.807, 2.05) is 42.5 Å². The molecule has 0 radical (unpaired) electrons. The molecule has 2 aromatic carbocycles. The predicted octanol–water partition coefficient (Wildman–Crippen LogP) is 4.02. The van der Waals surface area contributed by atoms with Gasteiger partial charge in [-0.15, -0.1) is 0 Å². The molecule has 4 nitrogen and oxygen atoms in total. The first kappa shape index (κ1) is 16.8. The fraction of sp³-hybridized carbons (Fsp3) is 0.286. The highest BCUT2D eigenvalue weighted by Crippen LogP contribution is 2.34. The van der Waals surface area contributed by atoms with Crippen molar-refractivity contribution in [3.8, 4) is 0 Å². The van der Waals surface area contributed by atoms with Gasteiger partial charge in [-0.25, -0.2) is 9.18 Å². The zero-order valence-electron chi connectivity index (χ0n) is 14.3. The summed E-state index contributed by atoms with van der Waals surface area (Å²) < 4.78 is 25.2. The molecule has 26 heavy (non-hydrogen) atoms. The van der Waals surface area contributed by atoms with Crippen LogP contribution < -0.4 is 0 Å². The van der Waals surface area contributed by atoms with E-state index in [0.717, 1.165) is 11.1 Å². The second kappa shape index (κ2) is 7.30. The van der Waals surface area contributed by atoms with E-state index in [-0.39, 0.29) is 30.6 Å². The van der Waals surface area contributed by atoms with E-state index in [0.29, 0.717) is 25.2 Å². The number of hydrogen-bond donors (Lipinski definition) is 0. The molecule has 2 bridgehead atoms. The van der Waals surface area contributed by atoms with Crippen molar-refractivity contribution in [2.75, 3.05) is 13.2 Å². The number of ether oxygens (including phenoxy) is 2. The highest BCUT2D eigenvalue weighted by atomic mass is 19.1. The Labute approximate surface area is 151 Å². The molecule has 1 saturated heterocycles. The zero-order valence-corrected chi connectivity index (χ0v) is 14.3. The van der Waals surface area contributed by atoms with Crippen molar-refractivity contribution < 1.29 is 18.7 Å². The van der Waals surface area contributed by atoms with Crippen LogP contribution >= 0.6 is 0 Å². The number of morpholine rings is 1. The molecule has 5 heteroatoms. The summed E-state index contributed by atoms with van der Waals surface area (Å²) in [6, 6.07) is 16.0. The maximum absolute atomic E-state index is 14.1. The summed E-state index contributed by atoms with van der Waals surface area (Å²) in [6.07, 6.45) is 2.13. The molecule has 2 aromatic rings. The largest absolute Gasteiger partial charge is 0.445 e. The number of benzene rings is 2. The Bertz CT molecular complexity index is 821. The molecule has 2 aliphatic rings. The molecule has 1 fully saturated rings. The van der Waals surface area contributed by atoms with Crippen LogP contribution in [0.2, 0.25) is 0 Å². The second-order valence-electron chi connectivity index (χ2n) is 6.58. The summed E-state index contributed by atoms with van der Waals surface area (Å²) in [5.74, 6) is -0.238. The van der Waals surface area contributed by atoms with Crippen molar-refractivity contribution in [3.63, 3.8) is 0 Å². The maximum Gasteiger partial charge on any atom is 0.411 e. The molecule has 2 heterocycles. The Morgan fingerprint density at radius 1 is 1.12 bits per heavy atom. The van der Waals surface area contributed by atoms with E-state index >= 15 is 0 Å². The van der Waals surface area contributed by atoms with Gasteiger partial charge in [0, 0.05) is 5.56 Å². The van der Waals surface area contributed by atoms with Crippen LogP contribution in [0.3, 0.4) is 0 Å². The minimum absolute atomic E-state index is 0.142. The monoisotopic (exact) mass is 353 g/mol. The van der Waals surface area contributed by atoms with Gasteiger partial charge in [0.25, 0.3) is 0 Å². The van der Waals surface area contributed by atoms with Crippen molar-refractivity contribution in [1.82, 2.24) is 4.90 Å². The molecule has 0 saturated carbocycles. The average molecular weight is 353 g/mol. The molecule has 2 unspecified atom stereocenters. The summed E-state index contributed by atoms with van der Waals surface area (Å²) in [5, 5.41) is 0. The Balaban J connectivity index is 1.51. The fourth-order valence-electron chi connectivity index (χ4n) is 3.60. The van der Waals surface area contributed by atoms with E-state index in [4.69, 9.17) is 9.47 Å². The summed E-state index contributed by atoms with van der Waals surface area (Å²) in [7, 11) is 0. The summed E-state index contributed by atoms with van der Waals surface area (Å²) >= 11 is 0. The van der Waals surface area contributed by atoms with Gasteiger partial charge in [0.05, 0.1) is 25.3 Å². The first-order valence-electron chi connectivity index (χ1n) is 8.75. The summed E-state index contributed by atoms with van der Waals surface area (Å²) in [6.45, 7) is 1.07. The zero-order chi connectivity index (χ0) is 17.9.